The van der Waals surface area contributed by atoms with Gasteiger partial charge in [0.25, 0.3) is 0 Å². The first-order valence-corrected chi connectivity index (χ1v) is 8.88. The molecule has 1 rings (SSSR count). The van der Waals surface area contributed by atoms with Crippen LogP contribution >= 0.6 is 0 Å². The van der Waals surface area contributed by atoms with Crippen LogP contribution in [0.1, 0.15) is 32.3 Å². The smallest absolute Gasteiger partial charge is 0.378 e. The van der Waals surface area contributed by atoms with Crippen LogP contribution in [0.3, 0.4) is 0 Å². The number of benzene rings is 1. The molecule has 0 radical (unpaired) electrons. The van der Waals surface area contributed by atoms with Crippen LogP contribution < -0.4 is 4.74 Å². The number of carbonyl (C=O) groups is 2. The maximum Gasteiger partial charge on any atom is 0.378 e. The summed E-state index contributed by atoms with van der Waals surface area (Å²) in [4.78, 5) is 24.4. The van der Waals surface area contributed by atoms with Gasteiger partial charge in [0, 0.05) is 13.0 Å². The van der Waals surface area contributed by atoms with Crippen LogP contribution in [0.2, 0.25) is 0 Å². The molecule has 1 aromatic rings. The number of rotatable bonds is 12. The summed E-state index contributed by atoms with van der Waals surface area (Å²) in [5.41, 5.74) is 0.784. The Bertz CT molecular complexity index is 592. The second-order valence-corrected chi connectivity index (χ2v) is 5.89. The predicted molar refractivity (Wildman–Crippen MR) is 95.7 cm³/mol. The zero-order chi connectivity index (χ0) is 20.3. The van der Waals surface area contributed by atoms with Crippen molar-refractivity contribution in [2.45, 2.75) is 39.2 Å². The van der Waals surface area contributed by atoms with Crippen molar-refractivity contribution in [3.05, 3.63) is 29.8 Å². The van der Waals surface area contributed by atoms with E-state index < -0.39 is 18.4 Å². The van der Waals surface area contributed by atoms with Gasteiger partial charge in [-0.25, -0.2) is 4.79 Å². The van der Waals surface area contributed by atoms with Gasteiger partial charge in [-0.15, -0.1) is 0 Å². The van der Waals surface area contributed by atoms with E-state index >= 15 is 0 Å². The third kappa shape index (κ3) is 8.34. The predicted octanol–water partition coefficient (Wildman–Crippen LogP) is 3.04. The van der Waals surface area contributed by atoms with E-state index in [2.05, 4.69) is 4.74 Å². The normalized spacial score (nSPS) is 11.3. The van der Waals surface area contributed by atoms with Crippen LogP contribution in [0.15, 0.2) is 24.3 Å². The highest BCUT2D eigenvalue weighted by Crippen LogP contribution is 2.20. The lowest BCUT2D eigenvalue weighted by Gasteiger charge is -2.26. The summed E-state index contributed by atoms with van der Waals surface area (Å²) in [6.07, 6.45) is 0.464. The van der Waals surface area contributed by atoms with Gasteiger partial charge in [0.2, 0.25) is 0 Å². The molecule has 0 saturated carbocycles. The van der Waals surface area contributed by atoms with Crippen LogP contribution in [0, 0.1) is 0 Å². The van der Waals surface area contributed by atoms with Gasteiger partial charge in [0.15, 0.2) is 0 Å². The standard InChI is InChI=1S/C19H27F2NO5/c1-4-26-17(23)7-6-12-22(14-19(20,21)18(24)27-5-2)13-15-8-10-16(25-3)11-9-15/h8-11H,4-7,12-14H2,1-3H3. The van der Waals surface area contributed by atoms with Crippen molar-refractivity contribution in [2.24, 2.45) is 0 Å². The third-order valence-electron chi connectivity index (χ3n) is 3.72. The number of methoxy groups -OCH3 is 1. The monoisotopic (exact) mass is 387 g/mol. The van der Waals surface area contributed by atoms with Gasteiger partial charge in [-0.1, -0.05) is 12.1 Å². The van der Waals surface area contributed by atoms with Crippen LogP contribution in [-0.2, 0) is 25.6 Å². The minimum Gasteiger partial charge on any atom is -0.497 e. The molecule has 1 aromatic carbocycles. The number of hydrogen-bond acceptors (Lipinski definition) is 6. The van der Waals surface area contributed by atoms with E-state index in [4.69, 9.17) is 9.47 Å². The molecule has 0 atom stereocenters. The second-order valence-electron chi connectivity index (χ2n) is 5.89. The van der Waals surface area contributed by atoms with E-state index in [-0.39, 0.29) is 38.7 Å². The van der Waals surface area contributed by atoms with Crippen LogP contribution in [0.4, 0.5) is 8.78 Å². The fourth-order valence-electron chi connectivity index (χ4n) is 2.47. The van der Waals surface area contributed by atoms with Crippen molar-refractivity contribution in [1.82, 2.24) is 4.90 Å². The quantitative estimate of drug-likeness (QED) is 0.514. The van der Waals surface area contributed by atoms with Crippen molar-refractivity contribution in [3.63, 3.8) is 0 Å². The molecule has 0 fully saturated rings. The lowest BCUT2D eigenvalue weighted by molar-refractivity contribution is -0.174. The molecule has 0 bridgehead atoms. The van der Waals surface area contributed by atoms with Gasteiger partial charge in [-0.3, -0.25) is 9.69 Å². The topological polar surface area (TPSA) is 65.1 Å². The number of hydrogen-bond donors (Lipinski definition) is 0. The summed E-state index contributed by atoms with van der Waals surface area (Å²) < 4.78 is 42.7. The molecule has 0 aromatic heterocycles. The Morgan fingerprint density at radius 1 is 1.07 bits per heavy atom. The van der Waals surface area contributed by atoms with Crippen LogP contribution in [0.25, 0.3) is 0 Å². The van der Waals surface area contributed by atoms with E-state index in [1.54, 1.807) is 31.2 Å². The molecule has 0 unspecified atom stereocenters. The van der Waals surface area contributed by atoms with Gasteiger partial charge in [-0.2, -0.15) is 8.78 Å². The van der Waals surface area contributed by atoms with Crippen LogP contribution in [0.5, 0.6) is 5.75 Å². The molecule has 0 spiro atoms. The SMILES string of the molecule is CCOC(=O)CCCN(Cc1ccc(OC)cc1)CC(F)(F)C(=O)OCC. The number of nitrogens with zero attached hydrogens (tertiary/aromatic N) is 1. The molecule has 152 valence electrons. The van der Waals surface area contributed by atoms with Crippen LogP contribution in [-0.4, -0.2) is 56.2 Å². The minimum atomic E-state index is -3.63. The Hall–Kier alpha value is -2.22. The minimum absolute atomic E-state index is 0.115. The molecule has 0 aliphatic rings. The molecule has 0 heterocycles. The Morgan fingerprint density at radius 2 is 1.70 bits per heavy atom. The zero-order valence-electron chi connectivity index (χ0n) is 16.0. The number of ether oxygens (including phenoxy) is 3. The molecule has 0 amide bonds. The van der Waals surface area contributed by atoms with Gasteiger partial charge in [0.1, 0.15) is 5.75 Å². The molecule has 8 heteroatoms. The van der Waals surface area contributed by atoms with Crippen molar-refractivity contribution >= 4 is 11.9 Å². The lowest BCUT2D eigenvalue weighted by atomic mass is 10.1. The Kier molecular flexibility index (Phi) is 9.71. The first-order chi connectivity index (χ1) is 12.8. The average molecular weight is 387 g/mol. The van der Waals surface area contributed by atoms with Crippen molar-refractivity contribution in [3.8, 4) is 5.75 Å². The Balaban J connectivity index is 2.77. The summed E-state index contributed by atoms with van der Waals surface area (Å²) in [6, 6.07) is 6.99. The summed E-state index contributed by atoms with van der Waals surface area (Å²) in [6.45, 7) is 2.95. The molecular weight excluding hydrogens is 360 g/mol. The number of esters is 2. The molecule has 0 saturated heterocycles. The average Bonchev–Trinajstić information content (AvgIpc) is 2.62. The summed E-state index contributed by atoms with van der Waals surface area (Å²) in [5.74, 6) is -4.90. The zero-order valence-corrected chi connectivity index (χ0v) is 16.0. The van der Waals surface area contributed by atoms with E-state index in [1.165, 1.54) is 18.9 Å². The second kappa shape index (κ2) is 11.5. The molecule has 0 aliphatic heterocycles. The van der Waals surface area contributed by atoms with E-state index in [0.717, 1.165) is 5.56 Å². The number of alkyl halides is 2. The highest BCUT2D eigenvalue weighted by molar-refractivity contribution is 5.77. The maximum absolute atomic E-state index is 14.2. The fraction of sp³-hybridized carbons (Fsp3) is 0.579. The fourth-order valence-corrected chi connectivity index (χ4v) is 2.47. The van der Waals surface area contributed by atoms with E-state index in [0.29, 0.717) is 12.2 Å². The van der Waals surface area contributed by atoms with E-state index in [1.807, 2.05) is 0 Å². The largest absolute Gasteiger partial charge is 0.497 e. The number of carbonyl (C=O) groups excluding carboxylic acids is 2. The van der Waals surface area contributed by atoms with Crippen molar-refractivity contribution in [2.75, 3.05) is 33.4 Å². The maximum atomic E-state index is 14.2. The molecule has 27 heavy (non-hydrogen) atoms. The molecule has 0 N–H and O–H groups in total. The highest BCUT2D eigenvalue weighted by Gasteiger charge is 2.42. The van der Waals surface area contributed by atoms with Gasteiger partial charge in [0.05, 0.1) is 26.9 Å². The molecule has 6 nitrogen and oxygen atoms in total. The summed E-state index contributed by atoms with van der Waals surface area (Å²) >= 11 is 0. The van der Waals surface area contributed by atoms with Gasteiger partial charge < -0.3 is 14.2 Å². The molecular formula is C19H27F2NO5. The van der Waals surface area contributed by atoms with Crippen molar-refractivity contribution in [1.29, 1.82) is 0 Å². The van der Waals surface area contributed by atoms with Crippen molar-refractivity contribution < 1.29 is 32.6 Å². The van der Waals surface area contributed by atoms with Gasteiger partial charge >= 0.3 is 17.9 Å². The summed E-state index contributed by atoms with van der Waals surface area (Å²) in [7, 11) is 1.54. The first-order valence-electron chi connectivity index (χ1n) is 8.88. The number of halogens is 2. The van der Waals surface area contributed by atoms with E-state index in [9.17, 15) is 18.4 Å². The first kappa shape index (κ1) is 22.8. The lowest BCUT2D eigenvalue weighted by Crippen LogP contribution is -2.43. The third-order valence-corrected chi connectivity index (χ3v) is 3.72. The molecule has 0 aliphatic carbocycles. The highest BCUT2D eigenvalue weighted by atomic mass is 19.3. The summed E-state index contributed by atoms with van der Waals surface area (Å²) in [5, 5.41) is 0. The van der Waals surface area contributed by atoms with Gasteiger partial charge in [-0.05, 0) is 44.5 Å². The Labute approximate surface area is 158 Å². The Morgan fingerprint density at radius 3 is 2.26 bits per heavy atom.